The molecule has 4 N–H and O–H groups in total. The van der Waals surface area contributed by atoms with Gasteiger partial charge in [0.2, 0.25) is 12.4 Å². The molecule has 198 valence electrons. The first kappa shape index (κ1) is 25.3. The van der Waals surface area contributed by atoms with Crippen LogP contribution in [0.15, 0.2) is 24.5 Å². The molecule has 1 aliphatic heterocycles. The fourth-order valence-corrected chi connectivity index (χ4v) is 5.14. The molecule has 2 aromatic heterocycles. The van der Waals surface area contributed by atoms with Crippen molar-refractivity contribution in [2.45, 2.75) is 76.2 Å². The van der Waals surface area contributed by atoms with Crippen molar-refractivity contribution in [1.82, 2.24) is 20.3 Å². The number of piperidine rings is 1. The molecule has 1 unspecified atom stereocenters. The molecule has 5 rings (SSSR count). The maximum absolute atomic E-state index is 14.0. The average Bonchev–Trinajstić information content (AvgIpc) is 3.51. The summed E-state index contributed by atoms with van der Waals surface area (Å²) in [5.41, 5.74) is 0.123. The van der Waals surface area contributed by atoms with Crippen LogP contribution in [-0.4, -0.2) is 45.6 Å². The van der Waals surface area contributed by atoms with Gasteiger partial charge in [-0.2, -0.15) is 13.2 Å². The minimum atomic E-state index is -4.64. The number of rotatable bonds is 7. The number of amides is 1. The number of aromatic amines is 1. The lowest BCUT2D eigenvalue weighted by molar-refractivity contribution is -0.137. The minimum absolute atomic E-state index is 0.00367. The molecule has 1 saturated heterocycles. The summed E-state index contributed by atoms with van der Waals surface area (Å²) in [6.07, 6.45) is 3.87. The molecule has 0 spiro atoms. The fourth-order valence-electron chi connectivity index (χ4n) is 5.14. The molecule has 1 aliphatic carbocycles. The lowest BCUT2D eigenvalue weighted by atomic mass is 9.91. The Labute approximate surface area is 212 Å². The van der Waals surface area contributed by atoms with Crippen LogP contribution in [0.25, 0.3) is 22.2 Å². The molecule has 3 heterocycles. The van der Waals surface area contributed by atoms with Crippen molar-refractivity contribution in [1.29, 1.82) is 0 Å². The van der Waals surface area contributed by atoms with Gasteiger partial charge in [-0.3, -0.25) is 4.79 Å². The summed E-state index contributed by atoms with van der Waals surface area (Å²) in [7, 11) is 0. The van der Waals surface area contributed by atoms with Gasteiger partial charge in [0.15, 0.2) is 5.75 Å². The number of nitrogens with zero attached hydrogens (tertiary/aromatic N) is 2. The molecule has 37 heavy (non-hydrogen) atoms. The van der Waals surface area contributed by atoms with E-state index >= 15 is 0 Å². The summed E-state index contributed by atoms with van der Waals surface area (Å²) >= 11 is 0. The highest BCUT2D eigenvalue weighted by atomic mass is 19.4. The van der Waals surface area contributed by atoms with Gasteiger partial charge in [-0.1, -0.05) is 0 Å². The molecule has 2 fully saturated rings. The second-order valence-corrected chi connectivity index (χ2v) is 10.5. The monoisotopic (exact) mass is 516 g/mol. The van der Waals surface area contributed by atoms with E-state index in [1.54, 1.807) is 12.1 Å². The highest BCUT2D eigenvalue weighted by molar-refractivity contribution is 6.02. The number of H-pyrrole nitrogens is 1. The van der Waals surface area contributed by atoms with E-state index in [1.807, 2.05) is 0 Å². The van der Waals surface area contributed by atoms with Crippen molar-refractivity contribution >= 4 is 28.9 Å². The number of ether oxygens (including phenoxy) is 1. The van der Waals surface area contributed by atoms with Crippen molar-refractivity contribution in [3.63, 3.8) is 0 Å². The van der Waals surface area contributed by atoms with Gasteiger partial charge in [0.25, 0.3) is 0 Å². The van der Waals surface area contributed by atoms with E-state index < -0.39 is 11.7 Å². The van der Waals surface area contributed by atoms with Crippen LogP contribution in [0.2, 0.25) is 0 Å². The third-order valence-corrected chi connectivity index (χ3v) is 7.24. The Morgan fingerprint density at radius 2 is 1.97 bits per heavy atom. The molecule has 11 heteroatoms. The Morgan fingerprint density at radius 3 is 2.65 bits per heavy atom. The first-order chi connectivity index (χ1) is 17.6. The molecular formula is C26H31F3N6O2. The number of aromatic nitrogens is 3. The molecule has 0 radical (unpaired) electrons. The highest BCUT2D eigenvalue weighted by Crippen LogP contribution is 2.43. The van der Waals surface area contributed by atoms with Crippen LogP contribution >= 0.6 is 0 Å². The number of anilines is 2. The Bertz CT molecular complexity index is 1270. The summed E-state index contributed by atoms with van der Waals surface area (Å²) < 4.78 is 48.3. The number of carbonyl (C=O) groups is 1. The smallest absolute Gasteiger partial charge is 0.419 e. The zero-order valence-electron chi connectivity index (χ0n) is 20.8. The van der Waals surface area contributed by atoms with Gasteiger partial charge in [-0.05, 0) is 64.5 Å². The molecule has 8 nitrogen and oxygen atoms in total. The summed E-state index contributed by atoms with van der Waals surface area (Å²) in [6, 6.07) is 3.31. The molecule has 1 saturated carbocycles. The van der Waals surface area contributed by atoms with E-state index in [2.05, 4.69) is 44.7 Å². The van der Waals surface area contributed by atoms with Crippen molar-refractivity contribution in [3.8, 4) is 17.0 Å². The minimum Gasteiger partial charge on any atom is -0.486 e. The van der Waals surface area contributed by atoms with E-state index in [1.165, 1.54) is 6.20 Å². The predicted octanol–water partition coefficient (Wildman–Crippen LogP) is 5.48. The number of nitrogens with one attached hydrogen (secondary N) is 4. The quantitative estimate of drug-likeness (QED) is 0.310. The summed E-state index contributed by atoms with van der Waals surface area (Å²) in [5, 5.41) is 9.79. The van der Waals surface area contributed by atoms with Crippen molar-refractivity contribution in [2.75, 3.05) is 17.2 Å². The van der Waals surface area contributed by atoms with E-state index in [-0.39, 0.29) is 34.9 Å². The Kier molecular flexibility index (Phi) is 6.74. The third-order valence-electron chi connectivity index (χ3n) is 7.24. The summed E-state index contributed by atoms with van der Waals surface area (Å²) in [5.74, 6) is 0.560. The predicted molar refractivity (Wildman–Crippen MR) is 136 cm³/mol. The number of fused-ring (bicyclic) bond motifs is 1. The Hall–Kier alpha value is -3.34. The van der Waals surface area contributed by atoms with Gasteiger partial charge in [0.05, 0.1) is 23.0 Å². The molecular weight excluding hydrogens is 485 g/mol. The van der Waals surface area contributed by atoms with Crippen molar-refractivity contribution < 1.29 is 22.7 Å². The van der Waals surface area contributed by atoms with Crippen LogP contribution in [0.5, 0.6) is 5.75 Å². The number of alkyl halides is 3. The molecule has 0 bridgehead atoms. The number of carbonyl (C=O) groups excluding carboxylic acids is 1. The molecule has 1 amide bonds. The first-order valence-corrected chi connectivity index (χ1v) is 12.6. The Balaban J connectivity index is 1.54. The summed E-state index contributed by atoms with van der Waals surface area (Å²) in [6.45, 7) is 4.90. The number of benzene rings is 1. The topological polar surface area (TPSA) is 104 Å². The molecule has 1 aromatic carbocycles. The normalized spacial score (nSPS) is 20.2. The average molecular weight is 517 g/mol. The van der Waals surface area contributed by atoms with Gasteiger partial charge in [-0.25, -0.2) is 9.97 Å². The maximum Gasteiger partial charge on any atom is 0.419 e. The van der Waals surface area contributed by atoms with Crippen molar-refractivity contribution in [3.05, 3.63) is 30.1 Å². The number of hydrogen-bond donors (Lipinski definition) is 4. The van der Waals surface area contributed by atoms with Gasteiger partial charge >= 0.3 is 6.18 Å². The van der Waals surface area contributed by atoms with Gasteiger partial charge in [-0.15, -0.1) is 0 Å². The standard InChI is InChI=1S/C26H31F3N6O2/c1-25(2)10-9-15(11-33-25)34-24-31-13-19(26(27,28)29)21(35-24)18-12-30-22-17(18)7-8-20(32-14-36)23(22)37-16-5-3-4-6-16/h7-8,12-16,30,33H,3-6,9-11H2,1-2H3,(H,32,36)(H,31,34,35). The SMILES string of the molecule is CC1(C)CCC(Nc2ncc(C(F)(F)F)c(-c3c[nH]c4c(OC5CCCC5)c(NC=O)ccc34)n2)CN1. The van der Waals surface area contributed by atoms with Gasteiger partial charge in [0, 0.05) is 41.5 Å². The van der Waals surface area contributed by atoms with Crippen LogP contribution in [0, 0.1) is 0 Å². The maximum atomic E-state index is 14.0. The second-order valence-electron chi connectivity index (χ2n) is 10.5. The van der Waals surface area contributed by atoms with E-state index in [4.69, 9.17) is 4.74 Å². The van der Waals surface area contributed by atoms with Crippen LogP contribution < -0.4 is 20.7 Å². The largest absolute Gasteiger partial charge is 0.486 e. The van der Waals surface area contributed by atoms with Crippen molar-refractivity contribution in [2.24, 2.45) is 0 Å². The molecule has 3 aromatic rings. The van der Waals surface area contributed by atoms with Gasteiger partial charge < -0.3 is 25.7 Å². The number of halogens is 3. The fraction of sp³-hybridized carbons (Fsp3) is 0.500. The second kappa shape index (κ2) is 9.85. The lowest BCUT2D eigenvalue weighted by Gasteiger charge is -2.36. The Morgan fingerprint density at radius 1 is 1.19 bits per heavy atom. The third kappa shape index (κ3) is 5.36. The zero-order chi connectivity index (χ0) is 26.2. The van der Waals surface area contributed by atoms with Crippen LogP contribution in [0.3, 0.4) is 0 Å². The van der Waals surface area contributed by atoms with E-state index in [0.29, 0.717) is 35.3 Å². The first-order valence-electron chi connectivity index (χ1n) is 12.6. The summed E-state index contributed by atoms with van der Waals surface area (Å²) in [4.78, 5) is 22.6. The van der Waals surface area contributed by atoms with Gasteiger partial charge in [0.1, 0.15) is 5.56 Å². The number of hydrogen-bond acceptors (Lipinski definition) is 6. The van der Waals surface area contributed by atoms with Crippen LogP contribution in [-0.2, 0) is 11.0 Å². The van der Waals surface area contributed by atoms with Crippen LogP contribution in [0.4, 0.5) is 24.8 Å². The lowest BCUT2D eigenvalue weighted by Crippen LogP contribution is -2.50. The molecule has 2 aliphatic rings. The highest BCUT2D eigenvalue weighted by Gasteiger charge is 2.37. The molecule has 1 atom stereocenters. The zero-order valence-corrected chi connectivity index (χ0v) is 20.8. The van der Waals surface area contributed by atoms with E-state index in [0.717, 1.165) is 44.7 Å². The van der Waals surface area contributed by atoms with E-state index in [9.17, 15) is 18.0 Å². The van der Waals surface area contributed by atoms with Crippen LogP contribution in [0.1, 0.15) is 57.9 Å².